The highest BCUT2D eigenvalue weighted by Gasteiger charge is 2.38. The number of anilines is 5. The van der Waals surface area contributed by atoms with Crippen LogP contribution in [-0.4, -0.2) is 71.7 Å². The van der Waals surface area contributed by atoms with Crippen molar-refractivity contribution in [3.8, 4) is 5.75 Å². The maximum atomic E-state index is 12.2. The number of ether oxygens (including phenoxy) is 1. The molecule has 1 atom stereocenters. The van der Waals surface area contributed by atoms with Gasteiger partial charge in [-0.05, 0) is 46.0 Å². The van der Waals surface area contributed by atoms with Gasteiger partial charge in [0.1, 0.15) is 29.4 Å². The first kappa shape index (κ1) is 26.6. The molecule has 1 fully saturated rings. The highest BCUT2D eigenvalue weighted by Crippen LogP contribution is 2.44. The number of hydrogen-bond donors (Lipinski definition) is 1. The second-order valence-corrected chi connectivity index (χ2v) is 11.2. The molecule has 206 valence electrons. The number of nitrogens with one attached hydrogen (secondary N) is 1. The number of methoxy groups -OCH3 is 1. The fourth-order valence-electron chi connectivity index (χ4n) is 5.69. The van der Waals surface area contributed by atoms with Gasteiger partial charge >= 0.3 is 0 Å². The van der Waals surface area contributed by atoms with Gasteiger partial charge in [0.2, 0.25) is 0 Å². The van der Waals surface area contributed by atoms with E-state index < -0.39 is 0 Å². The summed E-state index contributed by atoms with van der Waals surface area (Å²) in [7, 11) is 5.61. The quantitative estimate of drug-likeness (QED) is 0.321. The maximum Gasteiger partial charge on any atom is 0.294 e. The van der Waals surface area contributed by atoms with Gasteiger partial charge in [-0.2, -0.15) is 0 Å². The Kier molecular flexibility index (Phi) is 7.02. The molecule has 39 heavy (non-hydrogen) atoms. The molecule has 3 aromatic rings. The van der Waals surface area contributed by atoms with Crippen molar-refractivity contribution in [2.24, 2.45) is 0 Å². The van der Waals surface area contributed by atoms with Crippen molar-refractivity contribution in [2.75, 3.05) is 56.0 Å². The molecule has 0 aliphatic carbocycles. The molecule has 11 heteroatoms. The molecular weight excluding hydrogens is 496 g/mol. The highest BCUT2D eigenvalue weighted by molar-refractivity contribution is 5.78. The number of aromatic nitrogens is 3. The van der Waals surface area contributed by atoms with E-state index in [1.165, 1.54) is 6.33 Å². The van der Waals surface area contributed by atoms with Crippen LogP contribution in [0, 0.1) is 17.0 Å². The van der Waals surface area contributed by atoms with Gasteiger partial charge in [-0.15, -0.1) is 0 Å². The second kappa shape index (κ2) is 10.3. The Bertz CT molecular complexity index is 1390. The molecule has 0 saturated carbocycles. The molecule has 1 saturated heterocycles. The molecule has 5 rings (SSSR count). The van der Waals surface area contributed by atoms with Crippen LogP contribution in [0.3, 0.4) is 0 Å². The predicted molar refractivity (Wildman–Crippen MR) is 153 cm³/mol. The average Bonchev–Trinajstić information content (AvgIpc) is 3.44. The zero-order chi connectivity index (χ0) is 27.9. The lowest BCUT2D eigenvalue weighted by Gasteiger charge is -2.29. The normalized spacial score (nSPS) is 18.0. The fraction of sp³-hybridized carbons (Fsp3) is 0.464. The number of fused-ring (bicyclic) bond motifs is 1. The Morgan fingerprint density at radius 2 is 2.00 bits per heavy atom. The predicted octanol–water partition coefficient (Wildman–Crippen LogP) is 4.80. The minimum Gasteiger partial charge on any atom is -0.494 e. The van der Waals surface area contributed by atoms with Crippen LogP contribution < -0.4 is 19.9 Å². The Labute approximate surface area is 229 Å². The topological polar surface area (TPSA) is 113 Å². The number of nitrogens with zero attached hydrogens (tertiary/aromatic N) is 7. The molecule has 4 heterocycles. The van der Waals surface area contributed by atoms with Crippen molar-refractivity contribution in [1.82, 2.24) is 19.9 Å². The lowest BCUT2D eigenvalue weighted by Crippen LogP contribution is -2.37. The molecular formula is C28H36N8O3. The van der Waals surface area contributed by atoms with Gasteiger partial charge in [0.15, 0.2) is 0 Å². The van der Waals surface area contributed by atoms with Crippen LogP contribution in [0.4, 0.5) is 34.4 Å². The molecule has 2 aliphatic rings. The van der Waals surface area contributed by atoms with Gasteiger partial charge in [0.05, 0.1) is 29.1 Å². The van der Waals surface area contributed by atoms with Crippen LogP contribution in [0.1, 0.15) is 38.1 Å². The fourth-order valence-corrected chi connectivity index (χ4v) is 5.69. The van der Waals surface area contributed by atoms with Crippen molar-refractivity contribution < 1.29 is 9.66 Å². The molecule has 0 spiro atoms. The Morgan fingerprint density at radius 3 is 2.72 bits per heavy atom. The summed E-state index contributed by atoms with van der Waals surface area (Å²) in [5.41, 5.74) is 3.99. The summed E-state index contributed by atoms with van der Waals surface area (Å²) in [6.45, 7) is 8.67. The molecule has 1 unspecified atom stereocenters. The van der Waals surface area contributed by atoms with Crippen LogP contribution in [0.15, 0.2) is 36.7 Å². The van der Waals surface area contributed by atoms with E-state index in [-0.39, 0.29) is 22.1 Å². The summed E-state index contributed by atoms with van der Waals surface area (Å²) in [6.07, 6.45) is 3.48. The van der Waals surface area contributed by atoms with Gasteiger partial charge in [0, 0.05) is 55.0 Å². The standard InChI is InChI=1S/C28H36N8O3/c1-18-9-10-21-27(31-18)28(2,3)16-35(21)26-14-25(29-17-30-26)32-20-12-23(36(37)38)22(13-24(20)39-6)34-11-7-8-19(34)15-33(4)5/h9-10,12-14,17,19H,7-8,11,15-16H2,1-6H3,(H,29,30,32). The first-order chi connectivity index (χ1) is 18.6. The smallest absolute Gasteiger partial charge is 0.294 e. The monoisotopic (exact) mass is 532 g/mol. The number of aryl methyl sites for hydroxylation is 1. The van der Waals surface area contributed by atoms with Crippen molar-refractivity contribution in [3.05, 3.63) is 58.2 Å². The highest BCUT2D eigenvalue weighted by atomic mass is 16.6. The summed E-state index contributed by atoms with van der Waals surface area (Å²) < 4.78 is 5.70. The third kappa shape index (κ3) is 5.18. The SMILES string of the molecule is COc1cc(N2CCCC2CN(C)C)c([N+](=O)[O-])cc1Nc1cc(N2CC(C)(C)c3nc(C)ccc32)ncn1. The summed E-state index contributed by atoms with van der Waals surface area (Å²) in [5.74, 6) is 1.75. The van der Waals surface area contributed by atoms with Gasteiger partial charge in [-0.1, -0.05) is 13.8 Å². The third-order valence-electron chi connectivity index (χ3n) is 7.45. The van der Waals surface area contributed by atoms with E-state index in [0.29, 0.717) is 22.9 Å². The minimum atomic E-state index is -0.325. The lowest BCUT2D eigenvalue weighted by molar-refractivity contribution is -0.384. The second-order valence-electron chi connectivity index (χ2n) is 11.2. The van der Waals surface area contributed by atoms with E-state index in [0.717, 1.165) is 55.4 Å². The van der Waals surface area contributed by atoms with E-state index in [1.54, 1.807) is 19.2 Å². The Balaban J connectivity index is 1.47. The molecule has 1 N–H and O–H groups in total. The Hall–Kier alpha value is -3.99. The molecule has 0 bridgehead atoms. The number of benzene rings is 1. The first-order valence-corrected chi connectivity index (χ1v) is 13.2. The summed E-state index contributed by atoms with van der Waals surface area (Å²) in [4.78, 5) is 32.0. The largest absolute Gasteiger partial charge is 0.494 e. The third-order valence-corrected chi connectivity index (χ3v) is 7.45. The number of nitro benzene ring substituents is 1. The molecule has 0 amide bonds. The van der Waals surface area contributed by atoms with E-state index in [4.69, 9.17) is 9.72 Å². The lowest BCUT2D eigenvalue weighted by atomic mass is 9.91. The van der Waals surface area contributed by atoms with Crippen molar-refractivity contribution >= 4 is 34.4 Å². The summed E-state index contributed by atoms with van der Waals surface area (Å²) in [6, 6.07) is 9.44. The first-order valence-electron chi connectivity index (χ1n) is 13.2. The van der Waals surface area contributed by atoms with Gasteiger partial charge in [-0.3, -0.25) is 15.1 Å². The van der Waals surface area contributed by atoms with E-state index in [1.807, 2.05) is 33.2 Å². The molecule has 2 aliphatic heterocycles. The van der Waals surface area contributed by atoms with E-state index in [9.17, 15) is 10.1 Å². The molecule has 1 aromatic carbocycles. The number of rotatable bonds is 8. The number of likely N-dealkylation sites (N-methyl/N-ethyl adjacent to an activating group) is 1. The van der Waals surface area contributed by atoms with Crippen molar-refractivity contribution in [2.45, 2.75) is 45.1 Å². The van der Waals surface area contributed by atoms with Crippen LogP contribution in [0.2, 0.25) is 0 Å². The Morgan fingerprint density at radius 1 is 1.21 bits per heavy atom. The van der Waals surface area contributed by atoms with Crippen molar-refractivity contribution in [3.63, 3.8) is 0 Å². The summed E-state index contributed by atoms with van der Waals surface area (Å²) in [5, 5.41) is 15.5. The van der Waals surface area contributed by atoms with E-state index in [2.05, 4.69) is 49.9 Å². The van der Waals surface area contributed by atoms with Gasteiger partial charge in [-0.25, -0.2) is 9.97 Å². The number of pyridine rings is 1. The van der Waals surface area contributed by atoms with Crippen LogP contribution in [0.25, 0.3) is 0 Å². The zero-order valence-electron chi connectivity index (χ0n) is 23.4. The van der Waals surface area contributed by atoms with Gasteiger partial charge < -0.3 is 24.8 Å². The minimum absolute atomic E-state index is 0.0369. The van der Waals surface area contributed by atoms with E-state index >= 15 is 0 Å². The number of nitro groups is 1. The van der Waals surface area contributed by atoms with Gasteiger partial charge in [0.25, 0.3) is 5.69 Å². The zero-order valence-corrected chi connectivity index (χ0v) is 23.4. The van der Waals surface area contributed by atoms with Crippen LogP contribution in [0.5, 0.6) is 5.75 Å². The van der Waals surface area contributed by atoms with Crippen molar-refractivity contribution in [1.29, 1.82) is 0 Å². The molecule has 2 aromatic heterocycles. The van der Waals surface area contributed by atoms with Crippen LogP contribution in [-0.2, 0) is 5.41 Å². The molecule has 0 radical (unpaired) electrons. The average molecular weight is 533 g/mol. The number of hydrogen-bond acceptors (Lipinski definition) is 10. The molecule has 11 nitrogen and oxygen atoms in total. The maximum absolute atomic E-state index is 12.2. The van der Waals surface area contributed by atoms with Crippen LogP contribution >= 0.6 is 0 Å². The summed E-state index contributed by atoms with van der Waals surface area (Å²) >= 11 is 0.